The van der Waals surface area contributed by atoms with E-state index in [1.54, 1.807) is 35.3 Å². The molecule has 3 heterocycles. The Labute approximate surface area is 153 Å². The van der Waals surface area contributed by atoms with Crippen molar-refractivity contribution >= 4 is 34.9 Å². The highest BCUT2D eigenvalue weighted by Gasteiger charge is 2.34. The molecule has 2 aromatic heterocycles. The van der Waals surface area contributed by atoms with Crippen molar-refractivity contribution in [3.63, 3.8) is 0 Å². The third kappa shape index (κ3) is 2.77. The van der Waals surface area contributed by atoms with Gasteiger partial charge in [-0.25, -0.2) is 9.97 Å². The lowest BCUT2D eigenvalue weighted by Gasteiger charge is -2.25. The minimum absolute atomic E-state index is 0.111. The maximum absolute atomic E-state index is 12.3. The monoisotopic (exact) mass is 373 g/mol. The second-order valence-corrected chi connectivity index (χ2v) is 6.62. The normalized spacial score (nSPS) is 16.4. The lowest BCUT2D eigenvalue weighted by atomic mass is 9.86. The average Bonchev–Trinajstić information content (AvgIpc) is 2.92. The summed E-state index contributed by atoms with van der Waals surface area (Å²) < 4.78 is 1.55. The molecule has 126 valence electrons. The number of aryl methyl sites for hydroxylation is 1. The van der Waals surface area contributed by atoms with Crippen LogP contribution in [-0.4, -0.2) is 25.7 Å². The fourth-order valence-electron chi connectivity index (χ4n) is 3.14. The molecule has 0 bridgehead atoms. The van der Waals surface area contributed by atoms with Gasteiger partial charge < -0.3 is 5.32 Å². The maximum atomic E-state index is 12.3. The van der Waals surface area contributed by atoms with Crippen LogP contribution in [0.15, 0.2) is 36.7 Å². The highest BCUT2D eigenvalue weighted by atomic mass is 35.5. The van der Waals surface area contributed by atoms with E-state index in [1.807, 2.05) is 13.0 Å². The molecule has 1 aromatic carbocycles. The van der Waals surface area contributed by atoms with Crippen LogP contribution in [0.4, 0.5) is 5.82 Å². The van der Waals surface area contributed by atoms with Crippen molar-refractivity contribution in [1.29, 1.82) is 0 Å². The van der Waals surface area contributed by atoms with Crippen LogP contribution in [-0.2, 0) is 4.79 Å². The predicted octanol–water partition coefficient (Wildman–Crippen LogP) is 3.75. The minimum atomic E-state index is -0.203. The Kier molecular flexibility index (Phi) is 3.94. The Morgan fingerprint density at radius 3 is 2.72 bits per heavy atom. The molecule has 0 saturated heterocycles. The third-order valence-corrected chi connectivity index (χ3v) is 4.74. The van der Waals surface area contributed by atoms with Crippen LogP contribution in [0.3, 0.4) is 0 Å². The van der Waals surface area contributed by atoms with Crippen LogP contribution in [0.1, 0.15) is 29.2 Å². The summed E-state index contributed by atoms with van der Waals surface area (Å²) in [7, 11) is 0. The minimum Gasteiger partial charge on any atom is -0.310 e. The number of fused-ring (bicyclic) bond motifs is 1. The number of hydrogen-bond acceptors (Lipinski definition) is 4. The smallest absolute Gasteiger partial charge is 0.252 e. The second kappa shape index (κ2) is 6.13. The van der Waals surface area contributed by atoms with E-state index in [0.717, 1.165) is 16.8 Å². The van der Waals surface area contributed by atoms with Gasteiger partial charge >= 0.3 is 0 Å². The molecule has 1 aliphatic heterocycles. The number of halogens is 2. The number of rotatable bonds is 2. The largest absolute Gasteiger partial charge is 0.310 e. The van der Waals surface area contributed by atoms with Crippen LogP contribution < -0.4 is 5.32 Å². The topological polar surface area (TPSA) is 72.7 Å². The Bertz CT molecular complexity index is 971. The molecule has 0 saturated carbocycles. The number of carbonyl (C=O) groups excluding carboxylic acids is 1. The van der Waals surface area contributed by atoms with Crippen LogP contribution in [0, 0.1) is 6.92 Å². The molecule has 6 nitrogen and oxygen atoms in total. The maximum Gasteiger partial charge on any atom is 0.252 e. The van der Waals surface area contributed by atoms with Crippen molar-refractivity contribution in [3.8, 4) is 5.95 Å². The SMILES string of the molecule is Cc1nn(-c2ncccn2)c2c1[C@@H](c1ccc(Cl)cc1Cl)CC(=O)N2. The molecule has 0 radical (unpaired) electrons. The van der Waals surface area contributed by atoms with Gasteiger partial charge in [-0.3, -0.25) is 4.79 Å². The Hall–Kier alpha value is -2.44. The number of amides is 1. The summed E-state index contributed by atoms with van der Waals surface area (Å²) >= 11 is 12.4. The molecule has 1 atom stereocenters. The fraction of sp³-hybridized carbons (Fsp3) is 0.176. The molecule has 1 amide bonds. The van der Waals surface area contributed by atoms with Gasteiger partial charge in [-0.2, -0.15) is 9.78 Å². The average molecular weight is 374 g/mol. The highest BCUT2D eigenvalue weighted by molar-refractivity contribution is 6.35. The van der Waals surface area contributed by atoms with E-state index in [1.165, 1.54) is 0 Å². The molecule has 1 aliphatic rings. The number of anilines is 1. The van der Waals surface area contributed by atoms with Crippen LogP contribution >= 0.6 is 23.2 Å². The fourth-order valence-corrected chi connectivity index (χ4v) is 3.68. The van der Waals surface area contributed by atoms with Gasteiger partial charge in [-0.1, -0.05) is 29.3 Å². The van der Waals surface area contributed by atoms with Gasteiger partial charge in [0.25, 0.3) is 5.95 Å². The van der Waals surface area contributed by atoms with Gasteiger partial charge in [0.15, 0.2) is 0 Å². The molecule has 0 spiro atoms. The van der Waals surface area contributed by atoms with Crippen molar-refractivity contribution in [2.45, 2.75) is 19.3 Å². The van der Waals surface area contributed by atoms with Gasteiger partial charge in [0, 0.05) is 40.3 Å². The van der Waals surface area contributed by atoms with Crippen molar-refractivity contribution in [2.75, 3.05) is 5.32 Å². The van der Waals surface area contributed by atoms with E-state index < -0.39 is 0 Å². The molecular weight excluding hydrogens is 361 g/mol. The number of benzene rings is 1. The van der Waals surface area contributed by atoms with Crippen LogP contribution in [0.5, 0.6) is 0 Å². The molecular formula is C17H13Cl2N5O. The van der Waals surface area contributed by atoms with Gasteiger partial charge in [-0.15, -0.1) is 0 Å². The Morgan fingerprint density at radius 1 is 1.24 bits per heavy atom. The third-order valence-electron chi connectivity index (χ3n) is 4.18. The summed E-state index contributed by atoms with van der Waals surface area (Å²) in [5.41, 5.74) is 2.55. The first kappa shape index (κ1) is 16.1. The van der Waals surface area contributed by atoms with E-state index in [9.17, 15) is 4.79 Å². The molecule has 25 heavy (non-hydrogen) atoms. The lowest BCUT2D eigenvalue weighted by molar-refractivity contribution is -0.116. The molecule has 3 aromatic rings. The Morgan fingerprint density at radius 2 is 2.00 bits per heavy atom. The van der Waals surface area contributed by atoms with E-state index >= 15 is 0 Å². The Balaban J connectivity index is 1.90. The van der Waals surface area contributed by atoms with Crippen molar-refractivity contribution in [1.82, 2.24) is 19.7 Å². The predicted molar refractivity (Wildman–Crippen MR) is 95.4 cm³/mol. The van der Waals surface area contributed by atoms with E-state index in [0.29, 0.717) is 21.8 Å². The van der Waals surface area contributed by atoms with E-state index in [4.69, 9.17) is 23.2 Å². The first-order valence-electron chi connectivity index (χ1n) is 7.66. The first-order chi connectivity index (χ1) is 12.0. The summed E-state index contributed by atoms with van der Waals surface area (Å²) in [5, 5.41) is 8.50. The van der Waals surface area contributed by atoms with Crippen LogP contribution in [0.2, 0.25) is 10.0 Å². The molecule has 0 unspecified atom stereocenters. The molecule has 1 N–H and O–H groups in total. The number of nitrogens with one attached hydrogen (secondary N) is 1. The standard InChI is InChI=1S/C17H13Cl2N5O/c1-9-15-12(11-4-3-10(18)7-13(11)19)8-14(25)22-16(15)24(23-9)17-20-5-2-6-21-17/h2-7,12H,8H2,1H3,(H,22,25)/t12-/m1/s1. The van der Waals surface area contributed by atoms with Gasteiger partial charge in [0.05, 0.1) is 5.69 Å². The number of carbonyl (C=O) groups is 1. The highest BCUT2D eigenvalue weighted by Crippen LogP contribution is 2.42. The summed E-state index contributed by atoms with van der Waals surface area (Å²) in [4.78, 5) is 20.8. The van der Waals surface area contributed by atoms with E-state index in [2.05, 4.69) is 20.4 Å². The van der Waals surface area contributed by atoms with Gasteiger partial charge in [0.1, 0.15) is 5.82 Å². The summed E-state index contributed by atoms with van der Waals surface area (Å²) in [6.07, 6.45) is 3.55. The number of nitrogens with zero attached hydrogens (tertiary/aromatic N) is 4. The molecule has 4 rings (SSSR count). The quantitative estimate of drug-likeness (QED) is 0.742. The summed E-state index contributed by atoms with van der Waals surface area (Å²) in [6, 6.07) is 7.04. The number of hydrogen-bond donors (Lipinski definition) is 1. The molecule has 0 aliphatic carbocycles. The van der Waals surface area contributed by atoms with Crippen molar-refractivity contribution in [3.05, 3.63) is 63.5 Å². The first-order valence-corrected chi connectivity index (χ1v) is 8.42. The lowest BCUT2D eigenvalue weighted by Crippen LogP contribution is -2.25. The number of aromatic nitrogens is 4. The van der Waals surface area contributed by atoms with Gasteiger partial charge in [0.2, 0.25) is 5.91 Å². The molecule has 0 fully saturated rings. The van der Waals surface area contributed by atoms with Crippen molar-refractivity contribution in [2.24, 2.45) is 0 Å². The second-order valence-electron chi connectivity index (χ2n) is 5.78. The molecule has 8 heteroatoms. The van der Waals surface area contributed by atoms with Crippen molar-refractivity contribution < 1.29 is 4.79 Å². The zero-order chi connectivity index (χ0) is 17.6. The summed E-state index contributed by atoms with van der Waals surface area (Å²) in [5.74, 6) is 0.664. The van der Waals surface area contributed by atoms with E-state index in [-0.39, 0.29) is 18.2 Å². The summed E-state index contributed by atoms with van der Waals surface area (Å²) in [6.45, 7) is 1.90. The van der Waals surface area contributed by atoms with Crippen LogP contribution in [0.25, 0.3) is 5.95 Å². The van der Waals surface area contributed by atoms with Gasteiger partial charge in [-0.05, 0) is 30.7 Å². The zero-order valence-electron chi connectivity index (χ0n) is 13.2. The zero-order valence-corrected chi connectivity index (χ0v) is 14.7.